The molecule has 3 aromatic carbocycles. The van der Waals surface area contributed by atoms with E-state index in [1.165, 1.54) is 5.56 Å². The van der Waals surface area contributed by atoms with Gasteiger partial charge in [-0.25, -0.2) is 9.59 Å². The first kappa shape index (κ1) is 28.9. The molecular formula is C33H38N2O5. The first-order valence-electron chi connectivity index (χ1n) is 14.2. The van der Waals surface area contributed by atoms with E-state index in [-0.39, 0.29) is 31.3 Å². The highest BCUT2D eigenvalue weighted by atomic mass is 16.5. The molecule has 1 aliphatic rings. The van der Waals surface area contributed by atoms with Crippen LogP contribution in [0.2, 0.25) is 0 Å². The lowest BCUT2D eigenvalue weighted by Crippen LogP contribution is -2.42. The number of nitrogens with one attached hydrogen (secondary N) is 2. The highest BCUT2D eigenvalue weighted by molar-refractivity contribution is 5.82. The van der Waals surface area contributed by atoms with E-state index < -0.39 is 18.1 Å². The van der Waals surface area contributed by atoms with Crippen molar-refractivity contribution < 1.29 is 24.2 Å². The minimum Gasteiger partial charge on any atom is -0.480 e. The number of carbonyl (C=O) groups excluding carboxylic acids is 2. The quantitative estimate of drug-likeness (QED) is 0.202. The molecule has 7 heteroatoms. The molecule has 1 aliphatic carbocycles. The smallest absolute Gasteiger partial charge is 0.407 e. The predicted molar refractivity (Wildman–Crippen MR) is 155 cm³/mol. The molecule has 0 spiro atoms. The molecule has 7 nitrogen and oxygen atoms in total. The third-order valence-electron chi connectivity index (χ3n) is 7.40. The molecule has 0 radical (unpaired) electrons. The Morgan fingerprint density at radius 1 is 0.775 bits per heavy atom. The number of hydrogen-bond acceptors (Lipinski definition) is 4. The Kier molecular flexibility index (Phi) is 10.7. The molecule has 40 heavy (non-hydrogen) atoms. The maximum atomic E-state index is 12.5. The Morgan fingerprint density at radius 2 is 1.38 bits per heavy atom. The van der Waals surface area contributed by atoms with Crippen molar-refractivity contribution in [1.82, 2.24) is 10.6 Å². The van der Waals surface area contributed by atoms with Crippen LogP contribution in [0.25, 0.3) is 11.1 Å². The fourth-order valence-corrected chi connectivity index (χ4v) is 5.26. The highest BCUT2D eigenvalue weighted by Crippen LogP contribution is 2.44. The van der Waals surface area contributed by atoms with Gasteiger partial charge in [-0.3, -0.25) is 4.79 Å². The molecule has 3 N–H and O–H groups in total. The van der Waals surface area contributed by atoms with Gasteiger partial charge in [0.1, 0.15) is 12.6 Å². The number of carbonyl (C=O) groups is 3. The molecule has 0 aromatic heterocycles. The number of amides is 2. The molecule has 4 rings (SSSR count). The van der Waals surface area contributed by atoms with Gasteiger partial charge < -0.3 is 20.5 Å². The topological polar surface area (TPSA) is 105 Å². The van der Waals surface area contributed by atoms with Crippen LogP contribution in [0.1, 0.15) is 67.6 Å². The number of ether oxygens (including phenoxy) is 1. The van der Waals surface area contributed by atoms with Gasteiger partial charge in [0.05, 0.1) is 0 Å². The van der Waals surface area contributed by atoms with Crippen molar-refractivity contribution in [3.05, 3.63) is 95.6 Å². The van der Waals surface area contributed by atoms with Crippen LogP contribution in [0.5, 0.6) is 0 Å². The fraction of sp³-hybridized carbons (Fsp3) is 0.364. The standard InChI is InChI=1S/C33H38N2O5/c36-31(34-22-12-3-1-2-5-13-24-14-6-4-7-15-24)21-20-30(32(37)38)35-33(39)40-23-29-27-18-10-8-16-25(27)26-17-9-11-19-28(26)29/h4,6-11,14-19,29-30H,1-3,5,12-13,20-23H2,(H,34,36)(H,35,39)(H,37,38)/t30-/m0/s1. The van der Waals surface area contributed by atoms with Gasteiger partial charge in [-0.1, -0.05) is 98.1 Å². The van der Waals surface area contributed by atoms with Crippen molar-refractivity contribution in [3.8, 4) is 11.1 Å². The zero-order valence-electron chi connectivity index (χ0n) is 22.8. The zero-order chi connectivity index (χ0) is 28.2. The van der Waals surface area contributed by atoms with E-state index in [9.17, 15) is 19.5 Å². The number of aryl methyl sites for hydroxylation is 1. The van der Waals surface area contributed by atoms with Crippen molar-refractivity contribution in [2.45, 2.75) is 63.3 Å². The van der Waals surface area contributed by atoms with E-state index in [0.717, 1.165) is 60.8 Å². The number of carboxylic acid groups (broad SMARTS) is 1. The molecule has 0 heterocycles. The summed E-state index contributed by atoms with van der Waals surface area (Å²) >= 11 is 0. The van der Waals surface area contributed by atoms with E-state index in [2.05, 4.69) is 34.9 Å². The number of fused-ring (bicyclic) bond motifs is 3. The summed E-state index contributed by atoms with van der Waals surface area (Å²) in [5.41, 5.74) is 5.75. The monoisotopic (exact) mass is 542 g/mol. The first-order valence-corrected chi connectivity index (χ1v) is 14.2. The van der Waals surface area contributed by atoms with Gasteiger partial charge in [0.2, 0.25) is 5.91 Å². The molecule has 2 amide bonds. The Morgan fingerprint density at radius 3 is 2.05 bits per heavy atom. The van der Waals surface area contributed by atoms with E-state index in [0.29, 0.717) is 6.54 Å². The molecule has 0 fully saturated rings. The third-order valence-corrected chi connectivity index (χ3v) is 7.40. The summed E-state index contributed by atoms with van der Waals surface area (Å²) in [6.45, 7) is 0.661. The molecule has 0 aliphatic heterocycles. The first-order chi connectivity index (χ1) is 19.5. The normalized spacial score (nSPS) is 12.7. The van der Waals surface area contributed by atoms with Gasteiger partial charge >= 0.3 is 12.1 Å². The van der Waals surface area contributed by atoms with E-state index in [1.807, 2.05) is 54.6 Å². The van der Waals surface area contributed by atoms with Crippen LogP contribution in [0, 0.1) is 0 Å². The second-order valence-corrected chi connectivity index (χ2v) is 10.3. The second kappa shape index (κ2) is 14.9. The maximum absolute atomic E-state index is 12.5. The minimum atomic E-state index is -1.20. The van der Waals surface area contributed by atoms with Gasteiger partial charge in [0.25, 0.3) is 0 Å². The van der Waals surface area contributed by atoms with Crippen LogP contribution in [0.15, 0.2) is 78.9 Å². The molecule has 0 bridgehead atoms. The molecule has 0 saturated heterocycles. The Bertz CT molecular complexity index is 1230. The third kappa shape index (κ3) is 8.18. The highest BCUT2D eigenvalue weighted by Gasteiger charge is 2.29. The average molecular weight is 543 g/mol. The van der Waals surface area contributed by atoms with Gasteiger partial charge in [-0.2, -0.15) is 0 Å². The largest absolute Gasteiger partial charge is 0.480 e. The molecule has 0 unspecified atom stereocenters. The van der Waals surface area contributed by atoms with Crippen LogP contribution in [-0.4, -0.2) is 42.3 Å². The fourth-order valence-electron chi connectivity index (χ4n) is 5.26. The van der Waals surface area contributed by atoms with Crippen LogP contribution in [0.4, 0.5) is 4.79 Å². The van der Waals surface area contributed by atoms with Crippen LogP contribution >= 0.6 is 0 Å². The summed E-state index contributed by atoms with van der Waals surface area (Å²) in [5.74, 6) is -1.53. The average Bonchev–Trinajstić information content (AvgIpc) is 3.29. The zero-order valence-corrected chi connectivity index (χ0v) is 22.8. The lowest BCUT2D eigenvalue weighted by atomic mass is 9.98. The maximum Gasteiger partial charge on any atom is 0.407 e. The Balaban J connectivity index is 1.11. The number of alkyl carbamates (subject to hydrolysis) is 1. The van der Waals surface area contributed by atoms with Gasteiger partial charge in [-0.15, -0.1) is 0 Å². The van der Waals surface area contributed by atoms with Crippen LogP contribution < -0.4 is 10.6 Å². The van der Waals surface area contributed by atoms with E-state index in [4.69, 9.17) is 4.74 Å². The van der Waals surface area contributed by atoms with Gasteiger partial charge in [0, 0.05) is 18.9 Å². The van der Waals surface area contributed by atoms with Crippen molar-refractivity contribution in [1.29, 1.82) is 0 Å². The summed E-state index contributed by atoms with van der Waals surface area (Å²) in [7, 11) is 0. The molecule has 210 valence electrons. The number of benzene rings is 3. The van der Waals surface area contributed by atoms with Crippen molar-refractivity contribution >= 4 is 18.0 Å². The number of carboxylic acids is 1. The SMILES string of the molecule is O=C(CC[C@H](NC(=O)OCC1c2ccccc2-c2ccccc21)C(=O)O)NCCCCCCCc1ccccc1. The summed E-state index contributed by atoms with van der Waals surface area (Å²) in [6, 6.07) is 25.3. The van der Waals surface area contributed by atoms with Crippen molar-refractivity contribution in [2.24, 2.45) is 0 Å². The number of unbranched alkanes of at least 4 members (excludes halogenated alkanes) is 4. The summed E-state index contributed by atoms with van der Waals surface area (Å²) in [5, 5.41) is 14.8. The molecule has 3 aromatic rings. The van der Waals surface area contributed by atoms with E-state index in [1.54, 1.807) is 0 Å². The summed E-state index contributed by atoms with van der Waals surface area (Å²) in [4.78, 5) is 36.4. The van der Waals surface area contributed by atoms with Crippen molar-refractivity contribution in [3.63, 3.8) is 0 Å². The van der Waals surface area contributed by atoms with Gasteiger partial charge in [-0.05, 0) is 53.5 Å². The van der Waals surface area contributed by atoms with Crippen molar-refractivity contribution in [2.75, 3.05) is 13.2 Å². The molecule has 0 saturated carbocycles. The van der Waals surface area contributed by atoms with Crippen LogP contribution in [-0.2, 0) is 20.7 Å². The minimum absolute atomic E-state index is 0.00908. The predicted octanol–water partition coefficient (Wildman–Crippen LogP) is 6.07. The lowest BCUT2D eigenvalue weighted by molar-refractivity contribution is -0.139. The number of rotatable bonds is 15. The van der Waals surface area contributed by atoms with Gasteiger partial charge in [0.15, 0.2) is 0 Å². The number of hydrogen-bond donors (Lipinski definition) is 3. The second-order valence-electron chi connectivity index (χ2n) is 10.3. The van der Waals surface area contributed by atoms with E-state index >= 15 is 0 Å². The number of aliphatic carboxylic acids is 1. The Labute approximate surface area is 236 Å². The lowest BCUT2D eigenvalue weighted by Gasteiger charge is -2.17. The Hall–Kier alpha value is -4.13. The summed E-state index contributed by atoms with van der Waals surface area (Å²) in [6.07, 6.45) is 5.65. The molecular weight excluding hydrogens is 504 g/mol. The van der Waals surface area contributed by atoms with Crippen LogP contribution in [0.3, 0.4) is 0 Å². The summed E-state index contributed by atoms with van der Waals surface area (Å²) < 4.78 is 5.46. The molecule has 1 atom stereocenters.